The van der Waals surface area contributed by atoms with E-state index in [2.05, 4.69) is 0 Å². The van der Waals surface area contributed by atoms with Crippen molar-refractivity contribution in [3.63, 3.8) is 0 Å². The lowest BCUT2D eigenvalue weighted by Gasteiger charge is -2.48. The van der Waals surface area contributed by atoms with E-state index in [-0.39, 0.29) is 24.1 Å². The lowest BCUT2D eigenvalue weighted by atomic mass is 9.88. The van der Waals surface area contributed by atoms with Gasteiger partial charge in [-0.05, 0) is 44.4 Å². The van der Waals surface area contributed by atoms with Gasteiger partial charge in [-0.1, -0.05) is 0 Å². The largest absolute Gasteiger partial charge is 0.432 e. The molecule has 3 aliphatic heterocycles. The maximum absolute atomic E-state index is 12.6. The Morgan fingerprint density at radius 2 is 2.12 bits per heavy atom. The molecule has 6 atom stereocenters. The number of hydrogen-bond acceptors (Lipinski definition) is 6. The normalized spacial score (nSPS) is 44.7. The van der Waals surface area contributed by atoms with Crippen LogP contribution in [-0.4, -0.2) is 54.8 Å². The van der Waals surface area contributed by atoms with E-state index in [9.17, 15) is 9.59 Å². The van der Waals surface area contributed by atoms with Gasteiger partial charge in [0.2, 0.25) is 12.1 Å². The number of fused-ring (bicyclic) bond motifs is 4. The van der Waals surface area contributed by atoms with E-state index in [4.69, 9.17) is 18.9 Å². The van der Waals surface area contributed by atoms with E-state index in [1.54, 1.807) is 4.90 Å². The molecule has 26 heavy (non-hydrogen) atoms. The molecular formula is C19H27NO6. The second-order valence-corrected chi connectivity index (χ2v) is 8.49. The van der Waals surface area contributed by atoms with Crippen molar-refractivity contribution < 1.29 is 28.5 Å². The number of carbonyl (C=O) groups excluding carboxylic acids is 2. The van der Waals surface area contributed by atoms with Gasteiger partial charge in [0.15, 0.2) is 0 Å². The van der Waals surface area contributed by atoms with Gasteiger partial charge < -0.3 is 23.8 Å². The number of hydrogen-bond donors (Lipinski definition) is 0. The molecule has 0 aromatic heterocycles. The Kier molecular flexibility index (Phi) is 4.12. The fraction of sp³-hybridized carbons (Fsp3) is 0.895. The van der Waals surface area contributed by atoms with Crippen LogP contribution in [-0.2, 0) is 23.7 Å². The number of rotatable bonds is 1. The molecule has 0 radical (unpaired) electrons. The Bertz CT molecular complexity index is 591. The van der Waals surface area contributed by atoms with Crippen molar-refractivity contribution in [2.75, 3.05) is 19.7 Å². The summed E-state index contributed by atoms with van der Waals surface area (Å²) in [5, 5.41) is 0. The Hall–Kier alpha value is -1.34. The summed E-state index contributed by atoms with van der Waals surface area (Å²) in [7, 11) is 0. The molecule has 3 heterocycles. The van der Waals surface area contributed by atoms with Crippen LogP contribution in [0.2, 0.25) is 0 Å². The van der Waals surface area contributed by atoms with Crippen LogP contribution in [0, 0.1) is 17.8 Å². The number of piperidine rings is 1. The molecule has 2 aliphatic carbocycles. The van der Waals surface area contributed by atoms with Gasteiger partial charge in [-0.15, -0.1) is 0 Å². The first-order valence-electron chi connectivity index (χ1n) is 10.1. The molecule has 5 aliphatic rings. The number of esters is 1. The van der Waals surface area contributed by atoms with Crippen LogP contribution in [0.5, 0.6) is 0 Å². The SMILES string of the molecule is O=C1OC2(CC3CCC2C3)OC2CN(C(=O)OC3CCCCO3)CCC12. The second kappa shape index (κ2) is 6.37. The van der Waals surface area contributed by atoms with E-state index >= 15 is 0 Å². The highest BCUT2D eigenvalue weighted by atomic mass is 16.7. The van der Waals surface area contributed by atoms with E-state index in [1.165, 1.54) is 6.42 Å². The Balaban J connectivity index is 1.25. The van der Waals surface area contributed by atoms with Gasteiger partial charge in [-0.25, -0.2) is 4.79 Å². The molecule has 6 unspecified atom stereocenters. The smallest absolute Gasteiger partial charge is 0.412 e. The molecule has 0 N–H and O–H groups in total. The highest BCUT2D eigenvalue weighted by Gasteiger charge is 2.60. The summed E-state index contributed by atoms with van der Waals surface area (Å²) < 4.78 is 23.2. The van der Waals surface area contributed by atoms with Gasteiger partial charge in [0.1, 0.15) is 0 Å². The predicted octanol–water partition coefficient (Wildman–Crippen LogP) is 2.43. The monoisotopic (exact) mass is 365 g/mol. The summed E-state index contributed by atoms with van der Waals surface area (Å²) in [6, 6.07) is 0. The molecule has 2 bridgehead atoms. The quantitative estimate of drug-likeness (QED) is 0.665. The van der Waals surface area contributed by atoms with E-state index in [0.29, 0.717) is 38.0 Å². The fourth-order valence-electron chi connectivity index (χ4n) is 5.49. The molecule has 3 saturated heterocycles. The molecule has 2 saturated carbocycles. The van der Waals surface area contributed by atoms with Crippen LogP contribution < -0.4 is 0 Å². The first-order chi connectivity index (χ1) is 12.6. The fourth-order valence-corrected chi connectivity index (χ4v) is 5.49. The van der Waals surface area contributed by atoms with Crippen LogP contribution in [0.25, 0.3) is 0 Å². The highest BCUT2D eigenvalue weighted by Crippen LogP contribution is 2.55. The van der Waals surface area contributed by atoms with Crippen LogP contribution in [0.15, 0.2) is 0 Å². The minimum Gasteiger partial charge on any atom is -0.432 e. The molecular weight excluding hydrogens is 338 g/mol. The van der Waals surface area contributed by atoms with Gasteiger partial charge in [0, 0.05) is 25.3 Å². The average molecular weight is 365 g/mol. The summed E-state index contributed by atoms with van der Waals surface area (Å²) in [6.45, 7) is 1.53. The average Bonchev–Trinajstić information content (AvgIpc) is 3.23. The third-order valence-corrected chi connectivity index (χ3v) is 6.85. The molecule has 7 heteroatoms. The van der Waals surface area contributed by atoms with Crippen LogP contribution in [0.1, 0.15) is 51.4 Å². The van der Waals surface area contributed by atoms with E-state index < -0.39 is 12.1 Å². The van der Waals surface area contributed by atoms with Gasteiger partial charge in [0.25, 0.3) is 0 Å². The van der Waals surface area contributed by atoms with E-state index in [1.807, 2.05) is 0 Å². The predicted molar refractivity (Wildman–Crippen MR) is 88.9 cm³/mol. The minimum absolute atomic E-state index is 0.141. The maximum Gasteiger partial charge on any atom is 0.412 e. The Morgan fingerprint density at radius 3 is 2.85 bits per heavy atom. The summed E-state index contributed by atoms with van der Waals surface area (Å²) in [4.78, 5) is 26.8. The maximum atomic E-state index is 12.6. The van der Waals surface area contributed by atoms with Crippen molar-refractivity contribution in [2.24, 2.45) is 17.8 Å². The van der Waals surface area contributed by atoms with Crippen molar-refractivity contribution in [3.05, 3.63) is 0 Å². The van der Waals surface area contributed by atoms with Crippen molar-refractivity contribution in [3.8, 4) is 0 Å². The van der Waals surface area contributed by atoms with Gasteiger partial charge in [0.05, 0.1) is 25.2 Å². The van der Waals surface area contributed by atoms with Crippen molar-refractivity contribution >= 4 is 12.1 Å². The number of amides is 1. The number of ether oxygens (including phenoxy) is 4. The number of nitrogens with zero attached hydrogens (tertiary/aromatic N) is 1. The Morgan fingerprint density at radius 1 is 1.19 bits per heavy atom. The molecule has 144 valence electrons. The first kappa shape index (κ1) is 16.8. The minimum atomic E-state index is -0.736. The Labute approximate surface area is 153 Å². The van der Waals surface area contributed by atoms with Gasteiger partial charge >= 0.3 is 12.1 Å². The molecule has 0 aromatic rings. The van der Waals surface area contributed by atoms with Crippen LogP contribution in [0.4, 0.5) is 4.79 Å². The summed E-state index contributed by atoms with van der Waals surface area (Å²) in [5.74, 6) is -0.222. The van der Waals surface area contributed by atoms with Crippen LogP contribution >= 0.6 is 0 Å². The molecule has 1 amide bonds. The summed E-state index contributed by atoms with van der Waals surface area (Å²) in [5.41, 5.74) is 0. The molecule has 0 aromatic carbocycles. The third kappa shape index (κ3) is 2.80. The van der Waals surface area contributed by atoms with Gasteiger partial charge in [-0.2, -0.15) is 0 Å². The van der Waals surface area contributed by atoms with Crippen molar-refractivity contribution in [1.29, 1.82) is 0 Å². The van der Waals surface area contributed by atoms with Crippen molar-refractivity contribution in [1.82, 2.24) is 4.90 Å². The number of likely N-dealkylation sites (tertiary alicyclic amines) is 1. The lowest BCUT2D eigenvalue weighted by molar-refractivity contribution is -0.311. The molecule has 1 spiro atoms. The van der Waals surface area contributed by atoms with Crippen LogP contribution in [0.3, 0.4) is 0 Å². The molecule has 5 fully saturated rings. The number of carbonyl (C=O) groups is 2. The third-order valence-electron chi connectivity index (χ3n) is 6.85. The topological polar surface area (TPSA) is 74.3 Å². The zero-order valence-corrected chi connectivity index (χ0v) is 15.1. The standard InChI is InChI=1S/C19H27NO6/c21-17-14-6-7-20(18(22)24-16-3-1-2-8-23-16)11-15(14)25-19(26-17)10-12-4-5-13(19)9-12/h12-16H,1-11H2. The lowest BCUT2D eigenvalue weighted by Crippen LogP contribution is -2.60. The highest BCUT2D eigenvalue weighted by molar-refractivity contribution is 5.75. The first-order valence-corrected chi connectivity index (χ1v) is 10.1. The zero-order valence-electron chi connectivity index (χ0n) is 15.1. The van der Waals surface area contributed by atoms with Gasteiger partial charge in [-0.3, -0.25) is 4.79 Å². The van der Waals surface area contributed by atoms with Crippen molar-refractivity contribution in [2.45, 2.75) is 69.5 Å². The molecule has 5 rings (SSSR count). The second-order valence-electron chi connectivity index (χ2n) is 8.49. The van der Waals surface area contributed by atoms with E-state index in [0.717, 1.165) is 38.5 Å². The zero-order chi connectivity index (χ0) is 17.7. The summed E-state index contributed by atoms with van der Waals surface area (Å²) >= 11 is 0. The summed E-state index contributed by atoms with van der Waals surface area (Å²) in [6.07, 6.45) is 6.44. The molecule has 7 nitrogen and oxygen atoms in total.